The van der Waals surface area contributed by atoms with Gasteiger partial charge < -0.3 is 9.47 Å². The summed E-state index contributed by atoms with van der Waals surface area (Å²) in [7, 11) is 1.52. The van der Waals surface area contributed by atoms with E-state index in [-0.39, 0.29) is 31.1 Å². The maximum Gasteiger partial charge on any atom is 0.348 e. The Morgan fingerprint density at radius 1 is 1.00 bits per heavy atom. The summed E-state index contributed by atoms with van der Waals surface area (Å²) in [6.07, 6.45) is 1.34. The number of ketones is 1. The molecule has 2 aromatic carbocycles. The highest BCUT2D eigenvalue weighted by Gasteiger charge is 2.21. The van der Waals surface area contributed by atoms with Gasteiger partial charge in [0.15, 0.2) is 5.78 Å². The van der Waals surface area contributed by atoms with Crippen molar-refractivity contribution in [3.05, 3.63) is 87.3 Å². The number of esters is 1. The molecular weight excluding hydrogens is 440 g/mol. The second kappa shape index (κ2) is 9.89. The number of nitrogens with zero attached hydrogens (tertiary/aromatic N) is 2. The smallest absolute Gasteiger partial charge is 0.348 e. The average molecular weight is 463 g/mol. The third-order valence-electron chi connectivity index (χ3n) is 5.25. The van der Waals surface area contributed by atoms with Crippen LogP contribution in [-0.4, -0.2) is 41.6 Å². The topological polar surface area (TPSA) is 87.5 Å². The number of benzene rings is 2. The standard InChI is InChI=1S/C25H22N2O5S/c1-16-21-23(33-22(16)25(30)32-13-12-31-2)26-15-27(24(21)29)14-20(28)19-10-8-18(9-11-19)17-6-4-3-5-7-17/h3-11,15H,12-14H2,1-2H3. The minimum Gasteiger partial charge on any atom is -0.459 e. The zero-order valence-electron chi connectivity index (χ0n) is 18.2. The number of hydrogen-bond acceptors (Lipinski definition) is 7. The van der Waals surface area contributed by atoms with E-state index in [1.54, 1.807) is 19.1 Å². The third kappa shape index (κ3) is 4.76. The molecule has 4 rings (SSSR count). The zero-order valence-corrected chi connectivity index (χ0v) is 19.1. The lowest BCUT2D eigenvalue weighted by Gasteiger charge is -2.07. The highest BCUT2D eigenvalue weighted by atomic mass is 32.1. The van der Waals surface area contributed by atoms with Gasteiger partial charge in [-0.2, -0.15) is 0 Å². The number of thiophene rings is 1. The first kappa shape index (κ1) is 22.6. The Morgan fingerprint density at radius 2 is 1.70 bits per heavy atom. The molecule has 0 saturated carbocycles. The van der Waals surface area contributed by atoms with Gasteiger partial charge in [-0.15, -0.1) is 11.3 Å². The van der Waals surface area contributed by atoms with Gasteiger partial charge in [0.1, 0.15) is 16.3 Å². The molecule has 2 aromatic heterocycles. The van der Waals surface area contributed by atoms with Gasteiger partial charge in [0.2, 0.25) is 0 Å². The van der Waals surface area contributed by atoms with Crippen molar-refractivity contribution in [2.75, 3.05) is 20.3 Å². The molecule has 2 heterocycles. The number of methoxy groups -OCH3 is 1. The van der Waals surface area contributed by atoms with E-state index in [0.717, 1.165) is 22.5 Å². The van der Waals surface area contributed by atoms with Crippen LogP contribution in [0.4, 0.5) is 0 Å². The molecule has 7 nitrogen and oxygen atoms in total. The summed E-state index contributed by atoms with van der Waals surface area (Å²) in [6.45, 7) is 1.95. The molecule has 0 radical (unpaired) electrons. The number of aromatic nitrogens is 2. The molecule has 0 amide bonds. The lowest BCUT2D eigenvalue weighted by Crippen LogP contribution is -2.24. The average Bonchev–Trinajstić information content (AvgIpc) is 3.18. The summed E-state index contributed by atoms with van der Waals surface area (Å²) < 4.78 is 11.3. The molecule has 0 aliphatic rings. The summed E-state index contributed by atoms with van der Waals surface area (Å²) >= 11 is 1.10. The van der Waals surface area contributed by atoms with Crippen LogP contribution in [0.5, 0.6) is 0 Å². The fourth-order valence-electron chi connectivity index (χ4n) is 3.47. The Labute approximate surface area is 194 Å². The molecule has 0 unspecified atom stereocenters. The summed E-state index contributed by atoms with van der Waals surface area (Å²) in [5.41, 5.74) is 2.71. The van der Waals surface area contributed by atoms with E-state index in [1.807, 2.05) is 42.5 Å². The maximum atomic E-state index is 13.1. The predicted molar refractivity (Wildman–Crippen MR) is 127 cm³/mol. The number of rotatable bonds is 8. The summed E-state index contributed by atoms with van der Waals surface area (Å²) in [6, 6.07) is 17.2. The largest absolute Gasteiger partial charge is 0.459 e. The lowest BCUT2D eigenvalue weighted by atomic mass is 10.0. The van der Waals surface area contributed by atoms with Gasteiger partial charge in [-0.25, -0.2) is 9.78 Å². The fraction of sp³-hybridized carbons (Fsp3) is 0.200. The SMILES string of the molecule is COCCOC(=O)c1sc2ncn(CC(=O)c3ccc(-c4ccccc4)cc3)c(=O)c2c1C. The number of hydrogen-bond donors (Lipinski definition) is 0. The minimum atomic E-state index is -0.520. The van der Waals surface area contributed by atoms with Crippen LogP contribution >= 0.6 is 11.3 Å². The van der Waals surface area contributed by atoms with Crippen LogP contribution in [0.3, 0.4) is 0 Å². The van der Waals surface area contributed by atoms with Gasteiger partial charge in [-0.1, -0.05) is 54.6 Å². The van der Waals surface area contributed by atoms with Crippen molar-refractivity contribution in [1.29, 1.82) is 0 Å². The van der Waals surface area contributed by atoms with Crippen LogP contribution in [0.15, 0.2) is 65.7 Å². The van der Waals surface area contributed by atoms with Crippen molar-refractivity contribution in [3.8, 4) is 11.1 Å². The van der Waals surface area contributed by atoms with E-state index in [9.17, 15) is 14.4 Å². The normalized spacial score (nSPS) is 11.0. The molecule has 0 N–H and O–H groups in total. The second-order valence-corrected chi connectivity index (χ2v) is 8.41. The molecule has 8 heteroatoms. The van der Waals surface area contributed by atoms with E-state index >= 15 is 0 Å². The first-order valence-electron chi connectivity index (χ1n) is 10.3. The van der Waals surface area contributed by atoms with Crippen molar-refractivity contribution >= 4 is 33.3 Å². The Kier molecular flexibility index (Phi) is 6.76. The van der Waals surface area contributed by atoms with Gasteiger partial charge in [0.05, 0.1) is 24.9 Å². The van der Waals surface area contributed by atoms with Crippen molar-refractivity contribution in [2.45, 2.75) is 13.5 Å². The van der Waals surface area contributed by atoms with Crippen molar-refractivity contribution in [1.82, 2.24) is 9.55 Å². The van der Waals surface area contributed by atoms with Crippen LogP contribution in [0.1, 0.15) is 25.6 Å². The van der Waals surface area contributed by atoms with E-state index in [1.165, 1.54) is 18.0 Å². The van der Waals surface area contributed by atoms with Crippen molar-refractivity contribution < 1.29 is 19.1 Å². The van der Waals surface area contributed by atoms with Gasteiger partial charge in [-0.05, 0) is 23.6 Å². The molecule has 0 fully saturated rings. The molecule has 33 heavy (non-hydrogen) atoms. The predicted octanol–water partition coefficient (Wildman–Crippen LogP) is 4.12. The molecule has 0 spiro atoms. The van der Waals surface area contributed by atoms with Crippen molar-refractivity contribution in [3.63, 3.8) is 0 Å². The molecule has 0 aliphatic heterocycles. The highest BCUT2D eigenvalue weighted by Crippen LogP contribution is 2.27. The molecule has 0 saturated heterocycles. The van der Waals surface area contributed by atoms with E-state index < -0.39 is 5.97 Å². The molecule has 0 atom stereocenters. The Bertz CT molecular complexity index is 1360. The summed E-state index contributed by atoms with van der Waals surface area (Å²) in [5.74, 6) is -0.724. The molecule has 0 bridgehead atoms. The summed E-state index contributed by atoms with van der Waals surface area (Å²) in [5, 5.41) is 0.327. The zero-order chi connectivity index (χ0) is 23.4. The van der Waals surface area contributed by atoms with Crippen LogP contribution in [0.2, 0.25) is 0 Å². The number of carbonyl (C=O) groups is 2. The first-order chi connectivity index (χ1) is 16.0. The Balaban J connectivity index is 1.55. The van der Waals surface area contributed by atoms with Crippen LogP contribution in [-0.2, 0) is 16.0 Å². The number of aryl methyl sites for hydroxylation is 1. The van der Waals surface area contributed by atoms with Crippen LogP contribution in [0.25, 0.3) is 21.3 Å². The molecule has 4 aromatic rings. The van der Waals surface area contributed by atoms with Crippen LogP contribution < -0.4 is 5.56 Å². The highest BCUT2D eigenvalue weighted by molar-refractivity contribution is 7.20. The third-order valence-corrected chi connectivity index (χ3v) is 6.43. The fourth-order valence-corrected chi connectivity index (χ4v) is 4.51. The van der Waals surface area contributed by atoms with Crippen LogP contribution in [0, 0.1) is 6.92 Å². The number of carbonyl (C=O) groups excluding carboxylic acids is 2. The maximum absolute atomic E-state index is 13.1. The van der Waals surface area contributed by atoms with Gasteiger partial charge >= 0.3 is 5.97 Å². The van der Waals surface area contributed by atoms with Crippen molar-refractivity contribution in [2.24, 2.45) is 0 Å². The minimum absolute atomic E-state index is 0.123. The molecule has 168 valence electrons. The summed E-state index contributed by atoms with van der Waals surface area (Å²) in [4.78, 5) is 43.3. The Hall–Kier alpha value is -3.62. The van der Waals surface area contributed by atoms with Gasteiger partial charge in [-0.3, -0.25) is 14.2 Å². The first-order valence-corrected chi connectivity index (χ1v) is 11.1. The van der Waals surface area contributed by atoms with E-state index in [0.29, 0.717) is 26.2 Å². The number of Topliss-reactive ketones (excluding diaryl/α,β-unsaturated/α-hetero) is 1. The lowest BCUT2D eigenvalue weighted by molar-refractivity contribution is 0.0393. The van der Waals surface area contributed by atoms with E-state index in [2.05, 4.69) is 4.98 Å². The van der Waals surface area contributed by atoms with E-state index in [4.69, 9.17) is 9.47 Å². The van der Waals surface area contributed by atoms with Gasteiger partial charge in [0, 0.05) is 12.7 Å². The molecular formula is C25H22N2O5S. The quantitative estimate of drug-likeness (QED) is 0.222. The van der Waals surface area contributed by atoms with Gasteiger partial charge in [0.25, 0.3) is 5.56 Å². The monoisotopic (exact) mass is 462 g/mol. The number of fused-ring (bicyclic) bond motifs is 1. The Morgan fingerprint density at radius 3 is 2.39 bits per heavy atom. The second-order valence-electron chi connectivity index (χ2n) is 7.41. The molecule has 0 aliphatic carbocycles. The number of ether oxygens (including phenoxy) is 2.